The van der Waals surface area contributed by atoms with Crippen molar-refractivity contribution in [3.05, 3.63) is 65.0 Å². The molecule has 4 nitrogen and oxygen atoms in total. The number of aromatic nitrogens is 1. The molecule has 0 radical (unpaired) electrons. The summed E-state index contributed by atoms with van der Waals surface area (Å²) in [6, 6.07) is 11.5. The third kappa shape index (κ3) is 2.88. The second-order valence-electron chi connectivity index (χ2n) is 5.91. The number of pyridine rings is 1. The van der Waals surface area contributed by atoms with Gasteiger partial charge >= 0.3 is 0 Å². The molecule has 4 heteroatoms. The van der Waals surface area contributed by atoms with Crippen LogP contribution in [0.25, 0.3) is 0 Å². The standard InChI is InChI=1S/C18H20N2O2/c1-13-8-9-15(11-19-13)17(21)20-12-18(22)10-4-6-14-5-2-3-7-16(14)18/h2-3,5,7-9,11,22H,4,6,10,12H2,1H3,(H,20,21)/t18-/m1/s1. The number of aliphatic hydroxyl groups is 1. The van der Waals surface area contributed by atoms with Gasteiger partial charge in [0.2, 0.25) is 0 Å². The number of fused-ring (bicyclic) bond motifs is 1. The van der Waals surface area contributed by atoms with Crippen LogP contribution in [0.5, 0.6) is 0 Å². The Bertz CT molecular complexity index is 682. The summed E-state index contributed by atoms with van der Waals surface area (Å²) in [4.78, 5) is 16.3. The van der Waals surface area contributed by atoms with E-state index in [0.29, 0.717) is 12.0 Å². The monoisotopic (exact) mass is 296 g/mol. The van der Waals surface area contributed by atoms with E-state index in [1.165, 1.54) is 5.56 Å². The van der Waals surface area contributed by atoms with Crippen molar-refractivity contribution in [2.75, 3.05) is 6.54 Å². The summed E-state index contributed by atoms with van der Waals surface area (Å²) in [5.74, 6) is -0.205. The van der Waals surface area contributed by atoms with Crippen LogP contribution < -0.4 is 5.32 Å². The van der Waals surface area contributed by atoms with Crippen LogP contribution in [0.1, 0.15) is 40.0 Å². The Labute approximate surface area is 130 Å². The first-order valence-electron chi connectivity index (χ1n) is 7.60. The summed E-state index contributed by atoms with van der Waals surface area (Å²) in [5, 5.41) is 13.8. The maximum atomic E-state index is 12.2. The highest BCUT2D eigenvalue weighted by atomic mass is 16.3. The Morgan fingerprint density at radius 2 is 2.14 bits per heavy atom. The molecule has 22 heavy (non-hydrogen) atoms. The molecular weight excluding hydrogens is 276 g/mol. The van der Waals surface area contributed by atoms with Gasteiger partial charge in [-0.3, -0.25) is 9.78 Å². The molecular formula is C18H20N2O2. The maximum Gasteiger partial charge on any atom is 0.252 e. The zero-order valence-electron chi connectivity index (χ0n) is 12.7. The van der Waals surface area contributed by atoms with Crippen molar-refractivity contribution >= 4 is 5.91 Å². The van der Waals surface area contributed by atoms with Gasteiger partial charge in [-0.25, -0.2) is 0 Å². The van der Waals surface area contributed by atoms with E-state index in [4.69, 9.17) is 0 Å². The fourth-order valence-electron chi connectivity index (χ4n) is 3.01. The predicted octanol–water partition coefficient (Wildman–Crippen LogP) is 2.34. The molecule has 0 saturated heterocycles. The molecule has 1 heterocycles. The van der Waals surface area contributed by atoms with Crippen molar-refractivity contribution < 1.29 is 9.90 Å². The van der Waals surface area contributed by atoms with E-state index in [1.807, 2.05) is 31.2 Å². The summed E-state index contributed by atoms with van der Waals surface area (Å²) in [6.45, 7) is 2.10. The van der Waals surface area contributed by atoms with E-state index in [1.54, 1.807) is 18.3 Å². The SMILES string of the molecule is Cc1ccc(C(=O)NC[C@]2(O)CCCc3ccccc32)cn1. The fourth-order valence-corrected chi connectivity index (χ4v) is 3.01. The molecule has 0 bridgehead atoms. The van der Waals surface area contributed by atoms with Crippen molar-refractivity contribution in [1.29, 1.82) is 0 Å². The summed E-state index contributed by atoms with van der Waals surface area (Å²) in [7, 11) is 0. The van der Waals surface area contributed by atoms with E-state index < -0.39 is 5.60 Å². The van der Waals surface area contributed by atoms with Gasteiger partial charge in [-0.1, -0.05) is 24.3 Å². The number of nitrogens with one attached hydrogen (secondary N) is 1. The number of nitrogens with zero attached hydrogens (tertiary/aromatic N) is 1. The molecule has 0 aliphatic heterocycles. The Kier molecular flexibility index (Phi) is 3.94. The summed E-state index contributed by atoms with van der Waals surface area (Å²) >= 11 is 0. The van der Waals surface area contributed by atoms with Gasteiger partial charge in [0.25, 0.3) is 5.91 Å². The number of benzene rings is 1. The minimum Gasteiger partial charge on any atom is -0.383 e. The molecule has 0 unspecified atom stereocenters. The van der Waals surface area contributed by atoms with Gasteiger partial charge in [-0.05, 0) is 49.4 Å². The van der Waals surface area contributed by atoms with Crippen molar-refractivity contribution in [3.8, 4) is 0 Å². The molecule has 1 amide bonds. The molecule has 1 aliphatic rings. The Hall–Kier alpha value is -2.20. The lowest BCUT2D eigenvalue weighted by Gasteiger charge is -2.34. The van der Waals surface area contributed by atoms with E-state index in [9.17, 15) is 9.90 Å². The Morgan fingerprint density at radius 1 is 1.32 bits per heavy atom. The molecule has 0 fully saturated rings. The van der Waals surface area contributed by atoms with Crippen LogP contribution in [0.4, 0.5) is 0 Å². The molecule has 2 aromatic rings. The van der Waals surface area contributed by atoms with Crippen molar-refractivity contribution in [2.24, 2.45) is 0 Å². The lowest BCUT2D eigenvalue weighted by atomic mass is 9.79. The quantitative estimate of drug-likeness (QED) is 0.914. The number of hydrogen-bond donors (Lipinski definition) is 2. The first kappa shape index (κ1) is 14.7. The van der Waals surface area contributed by atoms with Gasteiger partial charge in [0.05, 0.1) is 12.1 Å². The summed E-state index contributed by atoms with van der Waals surface area (Å²) in [5.41, 5.74) is 2.50. The van der Waals surface area contributed by atoms with Crippen LogP contribution in [0, 0.1) is 6.92 Å². The first-order valence-corrected chi connectivity index (χ1v) is 7.60. The van der Waals surface area contributed by atoms with Gasteiger partial charge < -0.3 is 10.4 Å². The van der Waals surface area contributed by atoms with Crippen LogP contribution in [-0.2, 0) is 12.0 Å². The molecule has 1 aliphatic carbocycles. The molecule has 2 N–H and O–H groups in total. The largest absolute Gasteiger partial charge is 0.383 e. The molecule has 1 aromatic carbocycles. The van der Waals surface area contributed by atoms with Crippen molar-refractivity contribution in [2.45, 2.75) is 31.8 Å². The summed E-state index contributed by atoms with van der Waals surface area (Å²) in [6.07, 6.45) is 4.13. The van der Waals surface area contributed by atoms with Crippen LogP contribution in [0.3, 0.4) is 0 Å². The highest BCUT2D eigenvalue weighted by Crippen LogP contribution is 2.34. The lowest BCUT2D eigenvalue weighted by Crippen LogP contribution is -2.43. The number of carbonyl (C=O) groups excluding carboxylic acids is 1. The Morgan fingerprint density at radius 3 is 2.91 bits per heavy atom. The second kappa shape index (κ2) is 5.89. The van der Waals surface area contributed by atoms with E-state index in [-0.39, 0.29) is 12.5 Å². The average molecular weight is 296 g/mol. The van der Waals surface area contributed by atoms with Gasteiger partial charge in [-0.15, -0.1) is 0 Å². The van der Waals surface area contributed by atoms with Crippen molar-refractivity contribution in [3.63, 3.8) is 0 Å². The number of rotatable bonds is 3. The maximum absolute atomic E-state index is 12.2. The third-order valence-electron chi connectivity index (χ3n) is 4.27. The van der Waals surface area contributed by atoms with Crippen LogP contribution in [0.2, 0.25) is 0 Å². The van der Waals surface area contributed by atoms with E-state index in [2.05, 4.69) is 10.3 Å². The molecule has 1 aromatic heterocycles. The highest BCUT2D eigenvalue weighted by molar-refractivity contribution is 5.93. The predicted molar refractivity (Wildman–Crippen MR) is 84.6 cm³/mol. The first-order chi connectivity index (χ1) is 10.6. The minimum atomic E-state index is -0.984. The van der Waals surface area contributed by atoms with Crippen molar-refractivity contribution in [1.82, 2.24) is 10.3 Å². The fraction of sp³-hybridized carbons (Fsp3) is 0.333. The summed E-state index contributed by atoms with van der Waals surface area (Å²) < 4.78 is 0. The highest BCUT2D eigenvalue weighted by Gasteiger charge is 2.34. The zero-order valence-corrected chi connectivity index (χ0v) is 12.7. The molecule has 114 valence electrons. The minimum absolute atomic E-state index is 0.205. The van der Waals surface area contributed by atoms with Gasteiger partial charge in [0.1, 0.15) is 5.60 Å². The number of aryl methyl sites for hydroxylation is 2. The Balaban J connectivity index is 1.73. The lowest BCUT2D eigenvalue weighted by molar-refractivity contribution is 0.0189. The van der Waals surface area contributed by atoms with Crippen LogP contribution in [-0.4, -0.2) is 22.5 Å². The average Bonchev–Trinajstić information content (AvgIpc) is 2.54. The third-order valence-corrected chi connectivity index (χ3v) is 4.27. The number of hydrogen-bond acceptors (Lipinski definition) is 3. The second-order valence-corrected chi connectivity index (χ2v) is 5.91. The van der Waals surface area contributed by atoms with E-state index in [0.717, 1.165) is 24.1 Å². The van der Waals surface area contributed by atoms with Gasteiger partial charge in [-0.2, -0.15) is 0 Å². The van der Waals surface area contributed by atoms with Crippen LogP contribution in [0.15, 0.2) is 42.6 Å². The van der Waals surface area contributed by atoms with E-state index >= 15 is 0 Å². The van der Waals surface area contributed by atoms with Gasteiger partial charge in [0, 0.05) is 11.9 Å². The topological polar surface area (TPSA) is 62.2 Å². The molecule has 0 spiro atoms. The zero-order chi connectivity index (χ0) is 15.6. The number of amides is 1. The van der Waals surface area contributed by atoms with Crippen LogP contribution >= 0.6 is 0 Å². The number of carbonyl (C=O) groups is 1. The normalized spacial score (nSPS) is 20.3. The van der Waals surface area contributed by atoms with Gasteiger partial charge in [0.15, 0.2) is 0 Å². The molecule has 0 saturated carbocycles. The smallest absolute Gasteiger partial charge is 0.252 e. The molecule has 1 atom stereocenters. The molecule has 3 rings (SSSR count).